The molecule has 0 aliphatic carbocycles. The smallest absolute Gasteiger partial charge is 0.246 e. The van der Waals surface area contributed by atoms with Crippen LogP contribution in [0.2, 0.25) is 0 Å². The molecule has 9 nitrogen and oxygen atoms in total. The molecule has 3 N–H and O–H groups in total. The zero-order chi connectivity index (χ0) is 24.8. The predicted molar refractivity (Wildman–Crippen MR) is 129 cm³/mol. The summed E-state index contributed by atoms with van der Waals surface area (Å²) in [6.07, 6.45) is -0.122. The Hall–Kier alpha value is -2.17. The highest BCUT2D eigenvalue weighted by molar-refractivity contribution is 9.09. The maximum atomic E-state index is 13.6. The predicted octanol–water partition coefficient (Wildman–Crippen LogP) is 1.68. The number of carbonyl (C=O) groups is 3. The molecule has 0 radical (unpaired) electrons. The fourth-order valence-corrected chi connectivity index (χ4v) is 6.49. The molecule has 34 heavy (non-hydrogen) atoms. The van der Waals surface area contributed by atoms with Crippen molar-refractivity contribution >= 4 is 39.3 Å². The van der Waals surface area contributed by atoms with E-state index < -0.39 is 35.1 Å². The van der Waals surface area contributed by atoms with Crippen molar-refractivity contribution in [3.8, 4) is 5.75 Å². The Morgan fingerprint density at radius 2 is 1.94 bits per heavy atom. The van der Waals surface area contributed by atoms with Crippen molar-refractivity contribution in [2.75, 3.05) is 25.1 Å². The minimum atomic E-state index is -1.14. The third-order valence-corrected chi connectivity index (χ3v) is 7.46. The lowest BCUT2D eigenvalue weighted by Gasteiger charge is -2.35. The van der Waals surface area contributed by atoms with Crippen molar-refractivity contribution < 1.29 is 29.0 Å². The van der Waals surface area contributed by atoms with E-state index in [1.165, 1.54) is 4.90 Å². The minimum Gasteiger partial charge on any atom is -0.494 e. The van der Waals surface area contributed by atoms with Gasteiger partial charge in [-0.15, -0.1) is 0 Å². The number of carbonyl (C=O) groups excluding carboxylic acids is 3. The van der Waals surface area contributed by atoms with Crippen molar-refractivity contribution in [2.45, 2.75) is 62.2 Å². The summed E-state index contributed by atoms with van der Waals surface area (Å²) >= 11 is 3.63. The monoisotopic (exact) mass is 537 g/mol. The van der Waals surface area contributed by atoms with Crippen LogP contribution in [0.25, 0.3) is 0 Å². The van der Waals surface area contributed by atoms with E-state index in [2.05, 4.69) is 26.6 Å². The van der Waals surface area contributed by atoms with Gasteiger partial charge in [-0.1, -0.05) is 15.9 Å². The summed E-state index contributed by atoms with van der Waals surface area (Å²) in [6, 6.07) is 6.09. The van der Waals surface area contributed by atoms with Gasteiger partial charge in [-0.3, -0.25) is 14.4 Å². The number of ether oxygens (including phenoxy) is 2. The Labute approximate surface area is 207 Å². The number of aliphatic hydroxyl groups excluding tert-OH is 1. The molecule has 1 aromatic rings. The number of likely N-dealkylation sites (tertiary alicyclic amines) is 1. The van der Waals surface area contributed by atoms with Gasteiger partial charge in [-0.2, -0.15) is 0 Å². The number of hydrogen-bond donors (Lipinski definition) is 3. The molecule has 1 spiro atoms. The summed E-state index contributed by atoms with van der Waals surface area (Å²) in [5.41, 5.74) is -1.08. The summed E-state index contributed by atoms with van der Waals surface area (Å²) < 4.78 is 11.8. The number of halogens is 1. The van der Waals surface area contributed by atoms with E-state index in [-0.39, 0.29) is 35.7 Å². The number of β-amino-alcohol motifs (C(OH)–C–C–N with tert-alkyl or cyclic N) is 1. The molecule has 3 aliphatic rings. The number of fused-ring (bicyclic) bond motifs is 1. The van der Waals surface area contributed by atoms with Gasteiger partial charge < -0.3 is 30.1 Å². The van der Waals surface area contributed by atoms with Crippen LogP contribution in [0.4, 0.5) is 5.69 Å². The third kappa shape index (κ3) is 4.20. The van der Waals surface area contributed by atoms with Gasteiger partial charge in [0.05, 0.1) is 31.2 Å². The molecule has 3 unspecified atom stereocenters. The van der Waals surface area contributed by atoms with Crippen molar-refractivity contribution in [1.29, 1.82) is 0 Å². The maximum Gasteiger partial charge on any atom is 0.246 e. The molecule has 3 saturated heterocycles. The number of anilines is 1. The molecule has 4 rings (SSSR count). The van der Waals surface area contributed by atoms with Crippen LogP contribution in [0.15, 0.2) is 24.3 Å². The molecule has 10 heteroatoms. The fraction of sp³-hybridized carbons (Fsp3) is 0.625. The molecule has 186 valence electrons. The Bertz CT molecular complexity index is 964. The lowest BCUT2D eigenvalue weighted by Crippen LogP contribution is -2.58. The Morgan fingerprint density at radius 3 is 2.53 bits per heavy atom. The molecule has 6 atom stereocenters. The summed E-state index contributed by atoms with van der Waals surface area (Å²) in [5, 5.41) is 15.5. The van der Waals surface area contributed by atoms with Gasteiger partial charge in [0.15, 0.2) is 0 Å². The highest BCUT2D eigenvalue weighted by Gasteiger charge is 2.76. The van der Waals surface area contributed by atoms with Crippen LogP contribution in [0.5, 0.6) is 5.75 Å². The number of benzene rings is 1. The summed E-state index contributed by atoms with van der Waals surface area (Å²) in [6.45, 7) is 7.72. The maximum absolute atomic E-state index is 13.6. The van der Waals surface area contributed by atoms with E-state index in [1.54, 1.807) is 24.3 Å². The van der Waals surface area contributed by atoms with Crippen LogP contribution in [0, 0.1) is 11.8 Å². The summed E-state index contributed by atoms with van der Waals surface area (Å²) in [7, 11) is 0. The molecule has 0 saturated carbocycles. The lowest BCUT2D eigenvalue weighted by atomic mass is 9.70. The Balaban J connectivity index is 1.64. The first-order valence-corrected chi connectivity index (χ1v) is 12.5. The van der Waals surface area contributed by atoms with Crippen LogP contribution in [-0.2, 0) is 19.1 Å². The molecule has 0 aromatic heterocycles. The lowest BCUT2D eigenvalue weighted by molar-refractivity contribution is -0.142. The molecule has 2 bridgehead atoms. The summed E-state index contributed by atoms with van der Waals surface area (Å²) in [4.78, 5) is 41.6. The van der Waals surface area contributed by atoms with Crippen LogP contribution in [0.1, 0.15) is 34.1 Å². The van der Waals surface area contributed by atoms with Gasteiger partial charge in [0.25, 0.3) is 0 Å². The van der Waals surface area contributed by atoms with Crippen LogP contribution in [0.3, 0.4) is 0 Å². The zero-order valence-electron chi connectivity index (χ0n) is 19.8. The first kappa shape index (κ1) is 24.9. The SMILES string of the molecule is CCOc1ccc(NC(=O)[C@H]2[C@H]3C(=O)N(CCO)C(C(=O)NC(C)(C)C)C34CC(Br)[C@@H]2O4)cc1. The van der Waals surface area contributed by atoms with E-state index in [0.29, 0.717) is 24.5 Å². The number of rotatable bonds is 7. The summed E-state index contributed by atoms with van der Waals surface area (Å²) in [5.74, 6) is -1.90. The highest BCUT2D eigenvalue weighted by atomic mass is 79.9. The third-order valence-electron chi connectivity index (χ3n) is 6.61. The number of amides is 3. The number of nitrogens with one attached hydrogen (secondary N) is 2. The highest BCUT2D eigenvalue weighted by Crippen LogP contribution is 2.60. The first-order valence-electron chi connectivity index (χ1n) is 11.6. The van der Waals surface area contributed by atoms with Gasteiger partial charge in [0, 0.05) is 22.6 Å². The number of alkyl halides is 1. The van der Waals surface area contributed by atoms with Crippen LogP contribution in [-0.4, -0.2) is 75.6 Å². The second-order valence-electron chi connectivity index (χ2n) is 10.1. The molecule has 3 fully saturated rings. The second kappa shape index (κ2) is 9.13. The Kier molecular flexibility index (Phi) is 6.69. The second-order valence-corrected chi connectivity index (χ2v) is 11.3. The van der Waals surface area contributed by atoms with E-state index in [1.807, 2.05) is 27.7 Å². The molecule has 3 heterocycles. The van der Waals surface area contributed by atoms with Gasteiger partial charge in [-0.25, -0.2) is 0 Å². The zero-order valence-corrected chi connectivity index (χ0v) is 21.4. The molecule has 3 aliphatic heterocycles. The van der Waals surface area contributed by atoms with E-state index in [9.17, 15) is 19.5 Å². The van der Waals surface area contributed by atoms with E-state index in [0.717, 1.165) is 0 Å². The van der Waals surface area contributed by atoms with Crippen molar-refractivity contribution in [1.82, 2.24) is 10.2 Å². The van der Waals surface area contributed by atoms with Crippen molar-refractivity contribution in [3.05, 3.63) is 24.3 Å². The molecule has 1 aromatic carbocycles. The van der Waals surface area contributed by atoms with Gasteiger partial charge in [0.2, 0.25) is 17.7 Å². The normalized spacial score (nSPS) is 32.0. The van der Waals surface area contributed by atoms with E-state index in [4.69, 9.17) is 9.47 Å². The van der Waals surface area contributed by atoms with Gasteiger partial charge >= 0.3 is 0 Å². The average Bonchev–Trinajstić information content (AvgIpc) is 3.32. The van der Waals surface area contributed by atoms with Crippen molar-refractivity contribution in [3.63, 3.8) is 0 Å². The van der Waals surface area contributed by atoms with Crippen molar-refractivity contribution in [2.24, 2.45) is 11.8 Å². The largest absolute Gasteiger partial charge is 0.494 e. The van der Waals surface area contributed by atoms with Crippen LogP contribution < -0.4 is 15.4 Å². The minimum absolute atomic E-state index is 0.00643. The first-order chi connectivity index (χ1) is 16.0. The number of hydrogen-bond acceptors (Lipinski definition) is 6. The van der Waals surface area contributed by atoms with Crippen LogP contribution >= 0.6 is 15.9 Å². The fourth-order valence-electron chi connectivity index (χ4n) is 5.54. The number of aliphatic hydroxyl groups is 1. The molecular formula is C24H32BrN3O6. The van der Waals surface area contributed by atoms with E-state index >= 15 is 0 Å². The topological polar surface area (TPSA) is 117 Å². The standard InChI is InChI=1S/C24H32BrN3O6/c1-5-33-14-8-6-13(7-9-14)26-20(30)16-17-22(32)28(10-11-29)19(21(31)27-23(2,3)4)24(17)12-15(25)18(16)34-24/h6-9,15-19,29H,5,10-12H2,1-4H3,(H,26,30)(H,27,31)/t15?,16-,17-,18-,19?,24?/m0/s1. The quantitative estimate of drug-likeness (QED) is 0.455. The number of nitrogens with zero attached hydrogens (tertiary/aromatic N) is 1. The van der Waals surface area contributed by atoms with Gasteiger partial charge in [0.1, 0.15) is 17.4 Å². The molecular weight excluding hydrogens is 506 g/mol. The molecule has 3 amide bonds. The van der Waals surface area contributed by atoms with Gasteiger partial charge in [-0.05, 0) is 58.4 Å². The Morgan fingerprint density at radius 1 is 1.26 bits per heavy atom. The average molecular weight is 538 g/mol.